The summed E-state index contributed by atoms with van der Waals surface area (Å²) in [5, 5.41) is 14.1. The lowest BCUT2D eigenvalue weighted by molar-refractivity contribution is 0.0748. The quantitative estimate of drug-likeness (QED) is 0.885. The van der Waals surface area contributed by atoms with E-state index < -0.39 is 6.10 Å². The first-order chi connectivity index (χ1) is 11.7. The molecular weight excluding hydrogens is 307 g/mol. The maximum absolute atomic E-state index is 13.9. The van der Waals surface area contributed by atoms with Crippen LogP contribution in [0.2, 0.25) is 0 Å². The number of benzene rings is 2. The van der Waals surface area contributed by atoms with Gasteiger partial charge in [-0.25, -0.2) is 4.39 Å². The fourth-order valence-corrected chi connectivity index (χ4v) is 3.87. The molecule has 1 heterocycles. The zero-order chi connectivity index (χ0) is 16.7. The molecule has 2 aromatic rings. The first-order valence-electron chi connectivity index (χ1n) is 8.40. The molecule has 3 atom stereocenters. The normalized spacial score (nSPS) is 25.6. The summed E-state index contributed by atoms with van der Waals surface area (Å²) in [5.74, 6) is 1.04. The van der Waals surface area contributed by atoms with Gasteiger partial charge in [0, 0.05) is 12.1 Å². The highest BCUT2D eigenvalue weighted by molar-refractivity contribution is 5.78. The summed E-state index contributed by atoms with van der Waals surface area (Å²) in [7, 11) is 1.87. The Hall–Kier alpha value is -2.11. The number of nitrogens with zero attached hydrogens (tertiary/aromatic N) is 1. The number of aliphatic hydroxyl groups is 1. The Balaban J connectivity index is 1.83. The first kappa shape index (κ1) is 15.4. The van der Waals surface area contributed by atoms with E-state index in [1.807, 2.05) is 36.2 Å². The maximum atomic E-state index is 13.9. The highest BCUT2D eigenvalue weighted by atomic mass is 19.1. The third-order valence-corrected chi connectivity index (χ3v) is 5.05. The summed E-state index contributed by atoms with van der Waals surface area (Å²) in [6.07, 6.45) is 2.27. The molecule has 0 unspecified atom stereocenters. The zero-order valence-electron chi connectivity index (χ0n) is 13.6. The molecule has 0 bridgehead atoms. The number of para-hydroxylation sites is 2. The first-order valence-corrected chi connectivity index (χ1v) is 8.40. The van der Waals surface area contributed by atoms with Gasteiger partial charge in [-0.05, 0) is 50.6 Å². The summed E-state index contributed by atoms with van der Waals surface area (Å²) in [5.41, 5.74) is 1.55. The van der Waals surface area contributed by atoms with Crippen LogP contribution < -0.4 is 15.0 Å². The Bertz CT molecular complexity index is 752. The van der Waals surface area contributed by atoms with E-state index in [4.69, 9.17) is 4.74 Å². The van der Waals surface area contributed by atoms with E-state index in [0.717, 1.165) is 30.7 Å². The molecule has 2 N–H and O–H groups in total. The summed E-state index contributed by atoms with van der Waals surface area (Å²) in [6.45, 7) is 0. The number of anilines is 2. The van der Waals surface area contributed by atoms with Crippen LogP contribution in [0.1, 0.15) is 19.3 Å². The molecular formula is C19H21FN2O2. The second-order valence-electron chi connectivity index (χ2n) is 6.44. The number of likely N-dealkylation sites (N-methyl/N-ethyl adjacent to an activating group) is 1. The maximum Gasteiger partial charge on any atom is 0.151 e. The van der Waals surface area contributed by atoms with Crippen molar-refractivity contribution >= 4 is 11.4 Å². The van der Waals surface area contributed by atoms with Crippen LogP contribution in [0, 0.1) is 5.82 Å². The number of fused-ring (bicyclic) bond motifs is 2. The fourth-order valence-electron chi connectivity index (χ4n) is 3.87. The zero-order valence-corrected chi connectivity index (χ0v) is 13.6. The van der Waals surface area contributed by atoms with Crippen molar-refractivity contribution in [1.29, 1.82) is 0 Å². The van der Waals surface area contributed by atoms with Crippen molar-refractivity contribution in [3.63, 3.8) is 0 Å². The van der Waals surface area contributed by atoms with Crippen LogP contribution >= 0.6 is 0 Å². The van der Waals surface area contributed by atoms with Gasteiger partial charge < -0.3 is 20.1 Å². The minimum absolute atomic E-state index is 0.0377. The number of hydrogen-bond donors (Lipinski definition) is 2. The summed E-state index contributed by atoms with van der Waals surface area (Å²) < 4.78 is 19.8. The van der Waals surface area contributed by atoms with Crippen LogP contribution in [-0.2, 0) is 0 Å². The van der Waals surface area contributed by atoms with Gasteiger partial charge in [0.25, 0.3) is 0 Å². The highest BCUT2D eigenvalue weighted by Crippen LogP contribution is 2.49. The van der Waals surface area contributed by atoms with Gasteiger partial charge in [0.2, 0.25) is 0 Å². The average molecular weight is 328 g/mol. The molecule has 0 spiro atoms. The standard InChI is InChI=1S/C19H21FN2O2/c1-21-13-5-4-7-15(19(13)23)22-14-6-2-3-8-17(14)24-18-10-9-12(20)11-16(18)22/h2-3,6,8-11,13,15,19,21,23H,4-5,7H2,1H3/t13-,15+,19+/m1/s1. The number of rotatable bonds is 2. The molecule has 0 saturated heterocycles. The van der Waals surface area contributed by atoms with Gasteiger partial charge in [-0.2, -0.15) is 0 Å². The summed E-state index contributed by atoms with van der Waals surface area (Å²) >= 11 is 0. The minimum Gasteiger partial charge on any atom is -0.453 e. The van der Waals surface area contributed by atoms with Crippen molar-refractivity contribution in [3.8, 4) is 11.5 Å². The van der Waals surface area contributed by atoms with Crippen molar-refractivity contribution in [2.24, 2.45) is 0 Å². The molecule has 24 heavy (non-hydrogen) atoms. The summed E-state index contributed by atoms with van der Waals surface area (Å²) in [4.78, 5) is 2.05. The van der Waals surface area contributed by atoms with E-state index in [-0.39, 0.29) is 17.9 Å². The smallest absolute Gasteiger partial charge is 0.151 e. The van der Waals surface area contributed by atoms with Gasteiger partial charge in [-0.15, -0.1) is 0 Å². The van der Waals surface area contributed by atoms with Gasteiger partial charge >= 0.3 is 0 Å². The lowest BCUT2D eigenvalue weighted by Crippen LogP contribution is -2.54. The summed E-state index contributed by atoms with van der Waals surface area (Å²) in [6, 6.07) is 12.2. The van der Waals surface area contributed by atoms with E-state index in [0.29, 0.717) is 11.4 Å². The van der Waals surface area contributed by atoms with E-state index >= 15 is 0 Å². The Kier molecular flexibility index (Phi) is 3.90. The molecule has 0 aromatic heterocycles. The van der Waals surface area contributed by atoms with Crippen molar-refractivity contribution < 1.29 is 14.2 Å². The molecule has 1 aliphatic carbocycles. The molecule has 1 aliphatic heterocycles. The number of hydrogen-bond acceptors (Lipinski definition) is 4. The van der Waals surface area contributed by atoms with Crippen LogP contribution in [0.4, 0.5) is 15.8 Å². The van der Waals surface area contributed by atoms with Crippen LogP contribution in [0.15, 0.2) is 42.5 Å². The number of aliphatic hydroxyl groups excluding tert-OH is 1. The van der Waals surface area contributed by atoms with Gasteiger partial charge in [0.05, 0.1) is 23.5 Å². The average Bonchev–Trinajstić information content (AvgIpc) is 2.60. The molecule has 2 aliphatic rings. The molecule has 1 saturated carbocycles. The van der Waals surface area contributed by atoms with Gasteiger partial charge in [-0.1, -0.05) is 12.1 Å². The van der Waals surface area contributed by atoms with Crippen LogP contribution in [0.25, 0.3) is 0 Å². The topological polar surface area (TPSA) is 44.7 Å². The molecule has 0 amide bonds. The van der Waals surface area contributed by atoms with Gasteiger partial charge in [0.15, 0.2) is 11.5 Å². The van der Waals surface area contributed by atoms with Crippen molar-refractivity contribution in [2.45, 2.75) is 37.5 Å². The van der Waals surface area contributed by atoms with Crippen molar-refractivity contribution in [1.82, 2.24) is 5.32 Å². The van der Waals surface area contributed by atoms with Crippen molar-refractivity contribution in [3.05, 3.63) is 48.3 Å². The number of ether oxygens (including phenoxy) is 1. The van der Waals surface area contributed by atoms with E-state index in [2.05, 4.69) is 5.32 Å². The molecule has 2 aromatic carbocycles. The fraction of sp³-hybridized carbons (Fsp3) is 0.368. The third-order valence-electron chi connectivity index (χ3n) is 5.05. The van der Waals surface area contributed by atoms with E-state index in [1.54, 1.807) is 6.07 Å². The Morgan fingerprint density at radius 3 is 2.75 bits per heavy atom. The lowest BCUT2D eigenvalue weighted by Gasteiger charge is -2.44. The third kappa shape index (κ3) is 2.44. The second-order valence-corrected chi connectivity index (χ2v) is 6.44. The SMILES string of the molecule is CN[C@@H]1CCC[C@H](N2c3ccccc3Oc3ccc(F)cc32)[C@H]1O. The van der Waals surface area contributed by atoms with Crippen LogP contribution in [0.5, 0.6) is 11.5 Å². The monoisotopic (exact) mass is 328 g/mol. The van der Waals surface area contributed by atoms with Gasteiger partial charge in [0.1, 0.15) is 5.82 Å². The highest BCUT2D eigenvalue weighted by Gasteiger charge is 2.39. The molecule has 5 heteroatoms. The largest absolute Gasteiger partial charge is 0.453 e. The molecule has 126 valence electrons. The molecule has 0 radical (unpaired) electrons. The predicted molar refractivity (Wildman–Crippen MR) is 91.5 cm³/mol. The Morgan fingerprint density at radius 1 is 1.12 bits per heavy atom. The Labute approximate surface area is 140 Å². The molecule has 4 rings (SSSR count). The molecule has 1 fully saturated rings. The Morgan fingerprint density at radius 2 is 1.92 bits per heavy atom. The molecule has 4 nitrogen and oxygen atoms in total. The second kappa shape index (κ2) is 6.07. The van der Waals surface area contributed by atoms with Gasteiger partial charge in [-0.3, -0.25) is 0 Å². The van der Waals surface area contributed by atoms with Crippen molar-refractivity contribution in [2.75, 3.05) is 11.9 Å². The number of halogens is 1. The van der Waals surface area contributed by atoms with Crippen LogP contribution in [0.3, 0.4) is 0 Å². The van der Waals surface area contributed by atoms with E-state index in [1.165, 1.54) is 12.1 Å². The minimum atomic E-state index is -0.536. The lowest BCUT2D eigenvalue weighted by atomic mass is 9.86. The van der Waals surface area contributed by atoms with Crippen LogP contribution in [-0.4, -0.2) is 30.3 Å². The van der Waals surface area contributed by atoms with E-state index in [9.17, 15) is 9.50 Å². The number of nitrogens with one attached hydrogen (secondary N) is 1. The predicted octanol–water partition coefficient (Wildman–Crippen LogP) is 3.57.